The van der Waals surface area contributed by atoms with Crippen LogP contribution in [-0.2, 0) is 20.9 Å². The number of methoxy groups -OCH3 is 1. The summed E-state index contributed by atoms with van der Waals surface area (Å²) in [5.41, 5.74) is 6.80. The predicted octanol–water partition coefficient (Wildman–Crippen LogP) is 0.831. The average Bonchev–Trinajstić information content (AvgIpc) is 2.64. The maximum absolute atomic E-state index is 11.7. The molecule has 0 bridgehead atoms. The Balaban J connectivity index is 2.30. The van der Waals surface area contributed by atoms with Crippen LogP contribution >= 0.6 is 0 Å². The van der Waals surface area contributed by atoms with Gasteiger partial charge in [0.15, 0.2) is 0 Å². The van der Waals surface area contributed by atoms with E-state index in [1.807, 2.05) is 6.07 Å². The van der Waals surface area contributed by atoms with Gasteiger partial charge in [0.05, 0.1) is 24.0 Å². The fraction of sp³-hybridized carbons (Fsp3) is 0.176. The van der Waals surface area contributed by atoms with Crippen LogP contribution < -0.4 is 16.4 Å². The molecule has 1 heterocycles. The number of nitrogens with zero attached hydrogens (tertiary/aromatic N) is 1. The van der Waals surface area contributed by atoms with E-state index in [0.29, 0.717) is 12.2 Å². The molecule has 0 aliphatic rings. The van der Waals surface area contributed by atoms with Crippen molar-refractivity contribution in [2.45, 2.75) is 12.6 Å². The third-order valence-corrected chi connectivity index (χ3v) is 3.49. The van der Waals surface area contributed by atoms with Crippen molar-refractivity contribution in [1.82, 2.24) is 4.98 Å². The molecule has 0 aliphatic heterocycles. The summed E-state index contributed by atoms with van der Waals surface area (Å²) in [5, 5.41) is 14.9. The van der Waals surface area contributed by atoms with E-state index in [2.05, 4.69) is 20.4 Å². The number of aromatic nitrogens is 1. The molecular formula is C17H18N4O5. The van der Waals surface area contributed by atoms with Gasteiger partial charge < -0.3 is 26.2 Å². The Morgan fingerprint density at radius 2 is 2.04 bits per heavy atom. The number of benzene rings is 1. The Morgan fingerprint density at radius 3 is 2.62 bits per heavy atom. The zero-order valence-electron chi connectivity index (χ0n) is 13.9. The number of carboxylic acid groups (broad SMARTS) is 1. The second-order valence-electron chi connectivity index (χ2n) is 5.28. The summed E-state index contributed by atoms with van der Waals surface area (Å²) >= 11 is 0. The molecule has 0 saturated carbocycles. The third-order valence-electron chi connectivity index (χ3n) is 3.49. The molecule has 5 N–H and O–H groups in total. The minimum Gasteiger partial charge on any atom is -0.478 e. The van der Waals surface area contributed by atoms with Crippen LogP contribution in [0.3, 0.4) is 0 Å². The highest BCUT2D eigenvalue weighted by molar-refractivity contribution is 6.04. The Bertz CT molecular complexity index is 810. The minimum atomic E-state index is -1.46. The Morgan fingerprint density at radius 1 is 1.27 bits per heavy atom. The van der Waals surface area contributed by atoms with Gasteiger partial charge in [-0.25, -0.2) is 9.59 Å². The van der Waals surface area contributed by atoms with Crippen molar-refractivity contribution in [2.24, 2.45) is 5.73 Å². The van der Waals surface area contributed by atoms with E-state index < -0.39 is 23.9 Å². The van der Waals surface area contributed by atoms with Crippen molar-refractivity contribution in [3.05, 3.63) is 53.9 Å². The number of ether oxygens (including phenoxy) is 1. The number of aromatic carboxylic acids is 1. The number of hydrogen-bond donors (Lipinski definition) is 4. The highest BCUT2D eigenvalue weighted by atomic mass is 16.5. The van der Waals surface area contributed by atoms with Crippen molar-refractivity contribution in [3.63, 3.8) is 0 Å². The lowest BCUT2D eigenvalue weighted by Crippen LogP contribution is -2.43. The first-order chi connectivity index (χ1) is 12.4. The van der Waals surface area contributed by atoms with Crippen LogP contribution in [0, 0.1) is 0 Å². The summed E-state index contributed by atoms with van der Waals surface area (Å²) in [7, 11) is 1.12. The van der Waals surface area contributed by atoms with Gasteiger partial charge >= 0.3 is 11.9 Å². The molecule has 1 aromatic heterocycles. The standard InChI is InChI=1S/C17H18N4O5/c1-26-17(25)14(15(18)22)21-13-7-11(16(23)24)4-5-12(13)20-9-10-3-2-6-19-8-10/h2-8,14,20-21H,9H2,1H3,(H2,18,22)(H,23,24). The SMILES string of the molecule is COC(=O)C(Nc1cc(C(=O)O)ccc1NCc1cccnc1)C(N)=O. The highest BCUT2D eigenvalue weighted by Gasteiger charge is 2.26. The third kappa shape index (κ3) is 4.69. The van der Waals surface area contributed by atoms with Crippen molar-refractivity contribution in [1.29, 1.82) is 0 Å². The number of anilines is 2. The molecule has 0 radical (unpaired) electrons. The van der Waals surface area contributed by atoms with Gasteiger partial charge in [-0.3, -0.25) is 9.78 Å². The smallest absolute Gasteiger partial charge is 0.338 e. The Hall–Kier alpha value is -3.62. The largest absolute Gasteiger partial charge is 0.478 e. The summed E-state index contributed by atoms with van der Waals surface area (Å²) in [6, 6.07) is 6.41. The second-order valence-corrected chi connectivity index (χ2v) is 5.28. The van der Waals surface area contributed by atoms with Gasteiger partial charge in [0.2, 0.25) is 6.04 Å². The lowest BCUT2D eigenvalue weighted by molar-refractivity contribution is -0.144. The molecule has 0 aliphatic carbocycles. The monoisotopic (exact) mass is 358 g/mol. The van der Waals surface area contributed by atoms with Crippen LogP contribution in [0.5, 0.6) is 0 Å². The number of hydrogen-bond acceptors (Lipinski definition) is 7. The topological polar surface area (TPSA) is 144 Å². The van der Waals surface area contributed by atoms with Gasteiger partial charge in [-0.2, -0.15) is 0 Å². The summed E-state index contributed by atoms with van der Waals surface area (Å²) in [6.45, 7) is 0.397. The summed E-state index contributed by atoms with van der Waals surface area (Å²) in [5.74, 6) is -2.98. The van der Waals surface area contributed by atoms with E-state index >= 15 is 0 Å². The fourth-order valence-electron chi connectivity index (χ4n) is 2.17. The molecule has 0 spiro atoms. The first-order valence-electron chi connectivity index (χ1n) is 7.56. The number of rotatable bonds is 8. The molecule has 2 rings (SSSR count). The number of amides is 1. The summed E-state index contributed by atoms with van der Waals surface area (Å²) in [6.07, 6.45) is 3.32. The van der Waals surface area contributed by atoms with E-state index in [-0.39, 0.29) is 11.3 Å². The molecule has 1 atom stereocenters. The van der Waals surface area contributed by atoms with Crippen LogP contribution in [0.25, 0.3) is 0 Å². The van der Waals surface area contributed by atoms with Crippen LogP contribution in [0.1, 0.15) is 15.9 Å². The maximum Gasteiger partial charge on any atom is 0.338 e. The van der Waals surface area contributed by atoms with Crippen LogP contribution in [0.4, 0.5) is 11.4 Å². The molecule has 26 heavy (non-hydrogen) atoms. The zero-order valence-corrected chi connectivity index (χ0v) is 13.9. The van der Waals surface area contributed by atoms with Gasteiger partial charge in [-0.1, -0.05) is 6.07 Å². The van der Waals surface area contributed by atoms with E-state index in [1.54, 1.807) is 18.5 Å². The van der Waals surface area contributed by atoms with Gasteiger partial charge in [0.1, 0.15) is 0 Å². The predicted molar refractivity (Wildman–Crippen MR) is 93.6 cm³/mol. The van der Waals surface area contributed by atoms with Gasteiger partial charge in [-0.05, 0) is 29.8 Å². The van der Waals surface area contributed by atoms with Crippen molar-refractivity contribution >= 4 is 29.2 Å². The molecule has 9 nitrogen and oxygen atoms in total. The van der Waals surface area contributed by atoms with Crippen LogP contribution in [0.2, 0.25) is 0 Å². The van der Waals surface area contributed by atoms with Gasteiger partial charge in [-0.15, -0.1) is 0 Å². The summed E-state index contributed by atoms with van der Waals surface area (Å²) < 4.78 is 4.55. The van der Waals surface area contributed by atoms with E-state index in [1.165, 1.54) is 18.2 Å². The number of esters is 1. The van der Waals surface area contributed by atoms with E-state index in [9.17, 15) is 14.4 Å². The average molecular weight is 358 g/mol. The maximum atomic E-state index is 11.7. The van der Waals surface area contributed by atoms with Crippen LogP contribution in [-0.4, -0.2) is 41.1 Å². The molecule has 0 fully saturated rings. The number of pyridine rings is 1. The molecule has 0 saturated heterocycles. The first-order valence-corrected chi connectivity index (χ1v) is 7.56. The Labute approximate surface area is 149 Å². The summed E-state index contributed by atoms with van der Waals surface area (Å²) in [4.78, 5) is 38.5. The molecule has 2 aromatic rings. The first kappa shape index (κ1) is 18.7. The molecule has 1 unspecified atom stereocenters. The fourth-order valence-corrected chi connectivity index (χ4v) is 2.17. The van der Waals surface area contributed by atoms with Crippen molar-refractivity contribution in [3.8, 4) is 0 Å². The van der Waals surface area contributed by atoms with E-state index in [4.69, 9.17) is 10.8 Å². The molecule has 136 valence electrons. The lowest BCUT2D eigenvalue weighted by Gasteiger charge is -2.18. The number of nitrogens with one attached hydrogen (secondary N) is 2. The number of carbonyl (C=O) groups excluding carboxylic acids is 2. The minimum absolute atomic E-state index is 0.0208. The Kier molecular flexibility index (Phi) is 6.10. The van der Waals surface area contributed by atoms with Crippen molar-refractivity contribution < 1.29 is 24.2 Å². The zero-order chi connectivity index (χ0) is 19.1. The lowest BCUT2D eigenvalue weighted by atomic mass is 10.1. The molecule has 1 aromatic carbocycles. The number of nitrogens with two attached hydrogens (primary N) is 1. The van der Waals surface area contributed by atoms with Crippen molar-refractivity contribution in [2.75, 3.05) is 17.7 Å². The number of carbonyl (C=O) groups is 3. The quantitative estimate of drug-likeness (QED) is 0.401. The molecular weight excluding hydrogens is 340 g/mol. The number of primary amides is 1. The molecule has 1 amide bonds. The number of carboxylic acids is 1. The van der Waals surface area contributed by atoms with E-state index in [0.717, 1.165) is 12.7 Å². The normalized spacial score (nSPS) is 11.3. The van der Waals surface area contributed by atoms with Gasteiger partial charge in [0, 0.05) is 18.9 Å². The van der Waals surface area contributed by atoms with Gasteiger partial charge in [0.25, 0.3) is 5.91 Å². The molecule has 9 heteroatoms. The second kappa shape index (κ2) is 8.47. The van der Waals surface area contributed by atoms with Crippen LogP contribution in [0.15, 0.2) is 42.7 Å². The highest BCUT2D eigenvalue weighted by Crippen LogP contribution is 2.25.